The molecule has 0 spiro atoms. The summed E-state index contributed by atoms with van der Waals surface area (Å²) in [6.07, 6.45) is -2.20. The van der Waals surface area contributed by atoms with Crippen LogP contribution in [0, 0.1) is 11.8 Å². The summed E-state index contributed by atoms with van der Waals surface area (Å²) in [6, 6.07) is 4.41. The van der Waals surface area contributed by atoms with Gasteiger partial charge in [-0.2, -0.15) is 13.2 Å². The number of anilines is 1. The first-order valence-electron chi connectivity index (χ1n) is 6.43. The van der Waals surface area contributed by atoms with Crippen LogP contribution < -0.4 is 10.1 Å². The Morgan fingerprint density at radius 3 is 2.40 bits per heavy atom. The van der Waals surface area contributed by atoms with Crippen LogP contribution in [0.2, 0.25) is 0 Å². The standard InChI is InChI=1S/C15H18F3NO/c1-3-4-5-6-7-14(15(16,17)18)19-12-8-10-13(20-2)11-9-12/h8-11,14,19H,3-5H2,1-2H3. The maximum absolute atomic E-state index is 12.9. The van der Waals surface area contributed by atoms with Crippen molar-refractivity contribution < 1.29 is 17.9 Å². The second-order valence-corrected chi connectivity index (χ2v) is 4.27. The van der Waals surface area contributed by atoms with E-state index >= 15 is 0 Å². The average Bonchev–Trinajstić information content (AvgIpc) is 2.42. The van der Waals surface area contributed by atoms with Crippen molar-refractivity contribution in [3.05, 3.63) is 24.3 Å². The van der Waals surface area contributed by atoms with E-state index < -0.39 is 12.2 Å². The highest BCUT2D eigenvalue weighted by Gasteiger charge is 2.38. The Balaban J connectivity index is 2.75. The molecule has 1 aromatic rings. The van der Waals surface area contributed by atoms with Crippen molar-refractivity contribution in [2.45, 2.75) is 38.4 Å². The Bertz CT molecular complexity index is 457. The minimum Gasteiger partial charge on any atom is -0.497 e. The van der Waals surface area contributed by atoms with E-state index in [2.05, 4.69) is 17.2 Å². The number of nitrogens with one attached hydrogen (secondary N) is 1. The van der Waals surface area contributed by atoms with E-state index in [1.54, 1.807) is 12.1 Å². The van der Waals surface area contributed by atoms with Crippen molar-refractivity contribution in [1.82, 2.24) is 0 Å². The first-order chi connectivity index (χ1) is 9.47. The Morgan fingerprint density at radius 2 is 1.90 bits per heavy atom. The Kier molecular flexibility index (Phi) is 6.23. The lowest BCUT2D eigenvalue weighted by Gasteiger charge is -2.17. The van der Waals surface area contributed by atoms with Crippen LogP contribution in [0.5, 0.6) is 5.75 Å². The van der Waals surface area contributed by atoms with Gasteiger partial charge in [0.15, 0.2) is 6.04 Å². The van der Waals surface area contributed by atoms with E-state index in [0.29, 0.717) is 17.9 Å². The Labute approximate surface area is 117 Å². The highest BCUT2D eigenvalue weighted by atomic mass is 19.4. The monoisotopic (exact) mass is 285 g/mol. The van der Waals surface area contributed by atoms with Crippen LogP contribution in [-0.2, 0) is 0 Å². The summed E-state index contributed by atoms with van der Waals surface area (Å²) in [6.45, 7) is 1.97. The summed E-state index contributed by atoms with van der Waals surface area (Å²) in [5.41, 5.74) is 0.359. The van der Waals surface area contributed by atoms with Crippen LogP contribution in [0.3, 0.4) is 0 Å². The molecule has 0 aliphatic rings. The van der Waals surface area contributed by atoms with Crippen LogP contribution >= 0.6 is 0 Å². The van der Waals surface area contributed by atoms with E-state index in [0.717, 1.165) is 12.8 Å². The predicted octanol–water partition coefficient (Wildman–Crippen LogP) is 4.23. The highest BCUT2D eigenvalue weighted by Crippen LogP contribution is 2.24. The van der Waals surface area contributed by atoms with Crippen LogP contribution in [0.1, 0.15) is 26.2 Å². The molecule has 5 heteroatoms. The topological polar surface area (TPSA) is 21.3 Å². The van der Waals surface area contributed by atoms with Gasteiger partial charge in [-0.15, -0.1) is 5.92 Å². The van der Waals surface area contributed by atoms with Crippen LogP contribution in [0.15, 0.2) is 24.3 Å². The van der Waals surface area contributed by atoms with Gasteiger partial charge in [-0.05, 0) is 30.7 Å². The highest BCUT2D eigenvalue weighted by molar-refractivity contribution is 5.49. The van der Waals surface area contributed by atoms with E-state index in [1.165, 1.54) is 19.2 Å². The second kappa shape index (κ2) is 7.68. The molecule has 0 aliphatic heterocycles. The van der Waals surface area contributed by atoms with Gasteiger partial charge in [0, 0.05) is 12.1 Å². The van der Waals surface area contributed by atoms with Gasteiger partial charge >= 0.3 is 6.18 Å². The van der Waals surface area contributed by atoms with Crippen molar-refractivity contribution in [2.24, 2.45) is 0 Å². The molecule has 0 aliphatic carbocycles. The van der Waals surface area contributed by atoms with Gasteiger partial charge < -0.3 is 10.1 Å². The molecule has 0 fully saturated rings. The van der Waals surface area contributed by atoms with Crippen LogP contribution in [0.25, 0.3) is 0 Å². The van der Waals surface area contributed by atoms with Crippen molar-refractivity contribution in [1.29, 1.82) is 0 Å². The molecule has 0 heterocycles. The normalized spacial score (nSPS) is 12.2. The molecule has 1 aromatic carbocycles. The van der Waals surface area contributed by atoms with Gasteiger partial charge in [0.2, 0.25) is 0 Å². The summed E-state index contributed by atoms with van der Waals surface area (Å²) in [5, 5.41) is 2.39. The molecular formula is C15H18F3NO. The molecule has 2 nitrogen and oxygen atoms in total. The van der Waals surface area contributed by atoms with E-state index in [1.807, 2.05) is 6.92 Å². The van der Waals surface area contributed by atoms with Gasteiger partial charge in [0.1, 0.15) is 5.75 Å². The number of benzene rings is 1. The molecule has 1 atom stereocenters. The number of hydrogen-bond acceptors (Lipinski definition) is 2. The number of hydrogen-bond donors (Lipinski definition) is 1. The molecule has 1 rings (SSSR count). The third kappa shape index (κ3) is 5.43. The molecular weight excluding hydrogens is 267 g/mol. The Hall–Kier alpha value is -1.83. The first-order valence-corrected chi connectivity index (χ1v) is 6.43. The summed E-state index contributed by atoms with van der Waals surface area (Å²) in [5.74, 6) is 5.42. The van der Waals surface area contributed by atoms with Gasteiger partial charge in [0.25, 0.3) is 0 Å². The fourth-order valence-corrected chi connectivity index (χ4v) is 1.49. The smallest absolute Gasteiger partial charge is 0.420 e. The van der Waals surface area contributed by atoms with E-state index in [9.17, 15) is 13.2 Å². The number of unbranched alkanes of at least 4 members (excludes halogenated alkanes) is 2. The number of ether oxygens (including phenoxy) is 1. The number of halogens is 3. The summed E-state index contributed by atoms with van der Waals surface area (Å²) in [4.78, 5) is 0. The van der Waals surface area contributed by atoms with Gasteiger partial charge in [-0.3, -0.25) is 0 Å². The zero-order chi connectivity index (χ0) is 15.0. The Morgan fingerprint density at radius 1 is 1.25 bits per heavy atom. The predicted molar refractivity (Wildman–Crippen MR) is 73.8 cm³/mol. The SMILES string of the molecule is CCCCC#CC(Nc1ccc(OC)cc1)C(F)(F)F. The molecule has 110 valence electrons. The molecule has 0 saturated carbocycles. The zero-order valence-corrected chi connectivity index (χ0v) is 11.6. The largest absolute Gasteiger partial charge is 0.497 e. The molecule has 0 bridgehead atoms. The third-order valence-corrected chi connectivity index (χ3v) is 2.63. The number of methoxy groups -OCH3 is 1. The number of rotatable bonds is 5. The quantitative estimate of drug-likeness (QED) is 0.645. The summed E-state index contributed by atoms with van der Waals surface area (Å²) < 4.78 is 43.6. The van der Waals surface area contributed by atoms with Crippen LogP contribution in [-0.4, -0.2) is 19.3 Å². The molecule has 0 radical (unpaired) electrons. The molecule has 0 saturated heterocycles. The third-order valence-electron chi connectivity index (χ3n) is 2.63. The van der Waals surface area contributed by atoms with Gasteiger partial charge in [-0.25, -0.2) is 0 Å². The van der Waals surface area contributed by atoms with Gasteiger partial charge in [0.05, 0.1) is 7.11 Å². The molecule has 0 aromatic heterocycles. The maximum atomic E-state index is 12.9. The molecule has 1 unspecified atom stereocenters. The maximum Gasteiger partial charge on any atom is 0.420 e. The molecule has 0 amide bonds. The lowest BCUT2D eigenvalue weighted by atomic mass is 10.2. The zero-order valence-electron chi connectivity index (χ0n) is 11.6. The first kappa shape index (κ1) is 16.2. The van der Waals surface area contributed by atoms with Crippen molar-refractivity contribution in [2.75, 3.05) is 12.4 Å². The van der Waals surface area contributed by atoms with Crippen molar-refractivity contribution >= 4 is 5.69 Å². The number of alkyl halides is 3. The van der Waals surface area contributed by atoms with Gasteiger partial charge in [-0.1, -0.05) is 19.3 Å². The average molecular weight is 285 g/mol. The minimum absolute atomic E-state index is 0.359. The van der Waals surface area contributed by atoms with Crippen LogP contribution in [0.4, 0.5) is 18.9 Å². The fraction of sp³-hybridized carbons (Fsp3) is 0.467. The lowest BCUT2D eigenvalue weighted by Crippen LogP contribution is -2.34. The summed E-state index contributed by atoms with van der Waals surface area (Å²) in [7, 11) is 1.50. The lowest BCUT2D eigenvalue weighted by molar-refractivity contribution is -0.130. The van der Waals surface area contributed by atoms with E-state index in [-0.39, 0.29) is 0 Å². The van der Waals surface area contributed by atoms with Crippen molar-refractivity contribution in [3.63, 3.8) is 0 Å². The second-order valence-electron chi connectivity index (χ2n) is 4.27. The molecule has 20 heavy (non-hydrogen) atoms. The van der Waals surface area contributed by atoms with Crippen molar-refractivity contribution in [3.8, 4) is 17.6 Å². The minimum atomic E-state index is -4.40. The molecule has 1 N–H and O–H groups in total. The fourth-order valence-electron chi connectivity index (χ4n) is 1.49. The van der Waals surface area contributed by atoms with E-state index in [4.69, 9.17) is 4.74 Å². The summed E-state index contributed by atoms with van der Waals surface area (Å²) >= 11 is 0.